The number of aryl methyl sites for hydroxylation is 1. The third kappa shape index (κ3) is 6.09. The second kappa shape index (κ2) is 10.1. The molecule has 0 atom stereocenters. The first-order valence-electron chi connectivity index (χ1n) is 9.21. The average Bonchev–Trinajstić information content (AvgIpc) is 2.67. The van der Waals surface area contributed by atoms with Crippen LogP contribution in [0.3, 0.4) is 0 Å². The van der Waals surface area contributed by atoms with Crippen molar-refractivity contribution in [3.63, 3.8) is 0 Å². The first-order valence-corrected chi connectivity index (χ1v) is 10.8. The Balaban J connectivity index is 1.72. The molecule has 0 aromatic carbocycles. The predicted octanol–water partition coefficient (Wildman–Crippen LogP) is -1.66. The van der Waals surface area contributed by atoms with E-state index in [9.17, 15) is 18.0 Å². The van der Waals surface area contributed by atoms with Gasteiger partial charge in [0.1, 0.15) is 0 Å². The van der Waals surface area contributed by atoms with E-state index in [4.69, 9.17) is 4.74 Å². The summed E-state index contributed by atoms with van der Waals surface area (Å²) in [7, 11) is -0.168. The highest BCUT2D eigenvalue weighted by molar-refractivity contribution is 7.89. The maximum atomic E-state index is 12.1. The van der Waals surface area contributed by atoms with Crippen LogP contribution in [0.25, 0.3) is 0 Å². The largest absolute Gasteiger partial charge is 0.384 e. The van der Waals surface area contributed by atoms with Crippen molar-refractivity contribution >= 4 is 15.9 Å². The topological polar surface area (TPSA) is 114 Å². The van der Waals surface area contributed by atoms with E-state index in [1.165, 1.54) is 22.3 Å². The lowest BCUT2D eigenvalue weighted by Crippen LogP contribution is -2.51. The highest BCUT2D eigenvalue weighted by Crippen LogP contribution is 2.08. The normalized spacial score (nSPS) is 16.2. The highest BCUT2D eigenvalue weighted by Gasteiger charge is 2.26. The van der Waals surface area contributed by atoms with Gasteiger partial charge in [-0.05, 0) is 6.92 Å². The summed E-state index contributed by atoms with van der Waals surface area (Å²) in [5, 5.41) is 2.83. The van der Waals surface area contributed by atoms with E-state index in [-0.39, 0.29) is 30.2 Å². The van der Waals surface area contributed by atoms with Crippen LogP contribution in [0, 0.1) is 6.92 Å². The number of carbonyl (C=O) groups excluding carboxylic acids is 1. The Hall–Kier alpha value is -1.82. The first kappa shape index (κ1) is 22.5. The van der Waals surface area contributed by atoms with Gasteiger partial charge in [-0.3, -0.25) is 14.5 Å². The van der Waals surface area contributed by atoms with Crippen LogP contribution in [0.4, 0.5) is 0 Å². The van der Waals surface area contributed by atoms with E-state index in [1.807, 2.05) is 0 Å². The minimum absolute atomic E-state index is 0.00436. The number of sulfonamides is 1. The Morgan fingerprint density at radius 2 is 1.96 bits per heavy atom. The number of nitrogens with zero attached hydrogens (tertiary/aromatic N) is 4. The number of aromatic nitrogens is 2. The molecule has 1 N–H and O–H groups in total. The lowest BCUT2D eigenvalue weighted by Gasteiger charge is -2.33. The Morgan fingerprint density at radius 3 is 2.61 bits per heavy atom. The monoisotopic (exact) mass is 415 g/mol. The predicted molar refractivity (Wildman–Crippen MR) is 105 cm³/mol. The molecule has 1 fully saturated rings. The number of amides is 1. The van der Waals surface area contributed by atoms with Gasteiger partial charge in [-0.1, -0.05) is 0 Å². The number of nitrogens with one attached hydrogen (secondary N) is 1. The lowest BCUT2D eigenvalue weighted by atomic mass is 10.2. The van der Waals surface area contributed by atoms with E-state index in [0.29, 0.717) is 50.5 Å². The fourth-order valence-corrected chi connectivity index (χ4v) is 4.34. The van der Waals surface area contributed by atoms with Crippen molar-refractivity contribution in [3.05, 3.63) is 27.9 Å². The van der Waals surface area contributed by atoms with Crippen LogP contribution in [0.5, 0.6) is 0 Å². The minimum Gasteiger partial charge on any atom is -0.384 e. The van der Waals surface area contributed by atoms with E-state index in [0.717, 1.165) is 0 Å². The Labute approximate surface area is 165 Å². The highest BCUT2D eigenvalue weighted by atomic mass is 32.2. The van der Waals surface area contributed by atoms with Crippen molar-refractivity contribution in [2.24, 2.45) is 7.05 Å². The van der Waals surface area contributed by atoms with Gasteiger partial charge in [0.25, 0.3) is 5.56 Å². The maximum absolute atomic E-state index is 12.1. The van der Waals surface area contributed by atoms with Crippen molar-refractivity contribution in [1.82, 2.24) is 24.1 Å². The summed E-state index contributed by atoms with van der Waals surface area (Å²) in [6.07, 6.45) is 1.48. The van der Waals surface area contributed by atoms with Gasteiger partial charge in [-0.25, -0.2) is 13.4 Å². The van der Waals surface area contributed by atoms with Crippen LogP contribution in [-0.4, -0.2) is 91.8 Å². The molecule has 1 aromatic heterocycles. The number of ether oxygens (including phenoxy) is 1. The van der Waals surface area contributed by atoms with Crippen molar-refractivity contribution in [1.29, 1.82) is 0 Å². The van der Waals surface area contributed by atoms with Gasteiger partial charge in [0.15, 0.2) is 0 Å². The molecule has 1 amide bonds. The molecule has 28 heavy (non-hydrogen) atoms. The van der Waals surface area contributed by atoms with E-state index >= 15 is 0 Å². The molecule has 0 aliphatic carbocycles. The molecule has 2 heterocycles. The first-order chi connectivity index (χ1) is 13.2. The molecule has 1 aromatic rings. The van der Waals surface area contributed by atoms with Crippen LogP contribution < -0.4 is 10.9 Å². The van der Waals surface area contributed by atoms with Gasteiger partial charge in [-0.15, -0.1) is 0 Å². The van der Waals surface area contributed by atoms with Crippen molar-refractivity contribution < 1.29 is 17.9 Å². The van der Waals surface area contributed by atoms with E-state index < -0.39 is 10.0 Å². The summed E-state index contributed by atoms with van der Waals surface area (Å²) in [6.45, 7) is 5.08. The zero-order valence-electron chi connectivity index (χ0n) is 16.7. The smallest absolute Gasteiger partial charge is 0.256 e. The van der Waals surface area contributed by atoms with Crippen molar-refractivity contribution in [3.8, 4) is 0 Å². The van der Waals surface area contributed by atoms with E-state index in [2.05, 4.69) is 15.2 Å². The molecule has 2 rings (SSSR count). The van der Waals surface area contributed by atoms with Crippen LogP contribution in [0.1, 0.15) is 11.3 Å². The number of rotatable bonds is 9. The average molecular weight is 416 g/mol. The maximum Gasteiger partial charge on any atom is 0.256 e. The molecule has 0 unspecified atom stereocenters. The molecule has 1 aliphatic rings. The fourth-order valence-electron chi connectivity index (χ4n) is 2.99. The summed E-state index contributed by atoms with van der Waals surface area (Å²) in [6, 6.07) is 0. The number of hydrogen-bond donors (Lipinski definition) is 1. The van der Waals surface area contributed by atoms with Crippen LogP contribution in [0.15, 0.2) is 11.1 Å². The van der Waals surface area contributed by atoms with Gasteiger partial charge in [0.2, 0.25) is 15.9 Å². The van der Waals surface area contributed by atoms with Crippen LogP contribution >= 0.6 is 0 Å². The fraction of sp³-hybridized carbons (Fsp3) is 0.706. The van der Waals surface area contributed by atoms with Gasteiger partial charge in [0.05, 0.1) is 30.8 Å². The SMILES string of the molecule is COCCS(=O)(=O)N1CCN(CCNC(=O)Cc2ncn(C)c(=O)c2C)CC1. The molecule has 0 spiro atoms. The van der Waals surface area contributed by atoms with Gasteiger partial charge in [0, 0.05) is 59.0 Å². The number of carbonyl (C=O) groups is 1. The second-order valence-electron chi connectivity index (χ2n) is 6.81. The van der Waals surface area contributed by atoms with Gasteiger partial charge in [-0.2, -0.15) is 4.31 Å². The molecular weight excluding hydrogens is 386 g/mol. The van der Waals surface area contributed by atoms with Crippen LogP contribution in [0.2, 0.25) is 0 Å². The number of hydrogen-bond acceptors (Lipinski definition) is 7. The third-order valence-corrected chi connectivity index (χ3v) is 6.64. The van der Waals surface area contributed by atoms with Gasteiger partial charge < -0.3 is 14.6 Å². The summed E-state index contributed by atoms with van der Waals surface area (Å²) in [4.78, 5) is 30.3. The van der Waals surface area contributed by atoms with Crippen molar-refractivity contribution in [2.75, 3.05) is 58.7 Å². The minimum atomic E-state index is -3.27. The zero-order valence-corrected chi connectivity index (χ0v) is 17.5. The van der Waals surface area contributed by atoms with Gasteiger partial charge >= 0.3 is 0 Å². The third-order valence-electron chi connectivity index (χ3n) is 4.81. The Morgan fingerprint density at radius 1 is 1.29 bits per heavy atom. The number of methoxy groups -OCH3 is 1. The molecule has 10 nitrogen and oxygen atoms in total. The summed E-state index contributed by atoms with van der Waals surface area (Å²) < 4.78 is 32.0. The zero-order chi connectivity index (χ0) is 20.7. The summed E-state index contributed by atoms with van der Waals surface area (Å²) in [5.74, 6) is -0.195. The number of piperazine rings is 1. The second-order valence-corrected chi connectivity index (χ2v) is 8.90. The molecule has 1 saturated heterocycles. The molecule has 0 saturated carbocycles. The standard InChI is InChI=1S/C17H29N5O5S/c1-14-15(19-13-20(2)17(14)24)12-16(23)18-4-5-21-6-8-22(9-7-21)28(25,26)11-10-27-3/h13H,4-12H2,1-3H3,(H,18,23). The molecule has 0 radical (unpaired) electrons. The summed E-state index contributed by atoms with van der Waals surface area (Å²) >= 11 is 0. The quantitative estimate of drug-likeness (QED) is 0.514. The molecule has 11 heteroatoms. The van der Waals surface area contributed by atoms with Crippen LogP contribution in [-0.2, 0) is 33.0 Å². The molecular formula is C17H29N5O5S. The van der Waals surface area contributed by atoms with Crippen molar-refractivity contribution in [2.45, 2.75) is 13.3 Å². The summed E-state index contributed by atoms with van der Waals surface area (Å²) in [5.41, 5.74) is 0.803. The Bertz CT molecular complexity index is 831. The lowest BCUT2D eigenvalue weighted by molar-refractivity contribution is -0.120. The Kier molecular flexibility index (Phi) is 8.10. The molecule has 158 valence electrons. The molecule has 0 bridgehead atoms. The molecule has 1 aliphatic heterocycles. The van der Waals surface area contributed by atoms with E-state index in [1.54, 1.807) is 14.0 Å².